The van der Waals surface area contributed by atoms with Crippen LogP contribution in [0.4, 0.5) is 0 Å². The number of sulfone groups is 1. The molecule has 2 atom stereocenters. The monoisotopic (exact) mass is 522 g/mol. The Hall–Kier alpha value is -2.65. The second-order valence-electron chi connectivity index (χ2n) is 8.51. The molecule has 9 heteroatoms. The summed E-state index contributed by atoms with van der Waals surface area (Å²) in [7, 11) is -2.05. The van der Waals surface area contributed by atoms with Crippen molar-refractivity contribution in [3.63, 3.8) is 0 Å². The van der Waals surface area contributed by atoms with Crippen LogP contribution in [-0.2, 0) is 14.6 Å². The van der Waals surface area contributed by atoms with Crippen molar-refractivity contribution >= 4 is 9.84 Å². The van der Waals surface area contributed by atoms with Gasteiger partial charge in [0, 0.05) is 6.26 Å². The first-order valence-corrected chi connectivity index (χ1v) is 14.4. The highest BCUT2D eigenvalue weighted by atomic mass is 32.2. The molecule has 3 rings (SSSR count). The van der Waals surface area contributed by atoms with Crippen LogP contribution < -0.4 is 23.7 Å². The van der Waals surface area contributed by atoms with Gasteiger partial charge in [0.1, 0.15) is 4.90 Å². The fourth-order valence-corrected chi connectivity index (χ4v) is 5.13. The average molecular weight is 523 g/mol. The van der Waals surface area contributed by atoms with Crippen LogP contribution in [0.5, 0.6) is 28.7 Å². The van der Waals surface area contributed by atoms with Crippen molar-refractivity contribution in [3.05, 3.63) is 35.4 Å². The van der Waals surface area contributed by atoms with Gasteiger partial charge in [-0.3, -0.25) is 0 Å². The molecule has 2 aromatic rings. The summed E-state index contributed by atoms with van der Waals surface area (Å²) in [6.07, 6.45) is 2.87. The Morgan fingerprint density at radius 3 is 1.78 bits per heavy atom. The Labute approximate surface area is 214 Å². The molecule has 1 aliphatic heterocycles. The summed E-state index contributed by atoms with van der Waals surface area (Å²) < 4.78 is 60.5. The van der Waals surface area contributed by atoms with Crippen LogP contribution in [0.2, 0.25) is 0 Å². The maximum Gasteiger partial charge on any atom is 0.203 e. The van der Waals surface area contributed by atoms with E-state index in [1.54, 1.807) is 6.07 Å². The van der Waals surface area contributed by atoms with Crippen LogP contribution in [0.15, 0.2) is 29.2 Å². The van der Waals surface area contributed by atoms with E-state index < -0.39 is 9.84 Å². The molecular weight excluding hydrogens is 484 g/mol. The molecular formula is C27H38O8S. The number of benzene rings is 2. The van der Waals surface area contributed by atoms with E-state index in [1.807, 2.05) is 45.9 Å². The third-order valence-corrected chi connectivity index (χ3v) is 6.91. The number of hydrogen-bond donors (Lipinski definition) is 0. The normalized spacial score (nSPS) is 17.6. The van der Waals surface area contributed by atoms with Gasteiger partial charge in [-0.15, -0.1) is 0 Å². The van der Waals surface area contributed by atoms with Gasteiger partial charge in [0.2, 0.25) is 5.75 Å². The quantitative estimate of drug-likeness (QED) is 0.332. The molecule has 0 bridgehead atoms. The Kier molecular flexibility index (Phi) is 9.73. The maximum absolute atomic E-state index is 12.6. The highest BCUT2D eigenvalue weighted by Gasteiger charge is 2.32. The second-order valence-corrected chi connectivity index (χ2v) is 10.5. The molecule has 8 nitrogen and oxygen atoms in total. The van der Waals surface area contributed by atoms with Crippen LogP contribution in [0.1, 0.15) is 70.3 Å². The number of rotatable bonds is 13. The summed E-state index contributed by atoms with van der Waals surface area (Å²) in [6, 6.07) is 7.33. The molecule has 0 saturated carbocycles. The molecule has 0 aliphatic carbocycles. The van der Waals surface area contributed by atoms with Crippen molar-refractivity contribution in [2.45, 2.75) is 64.1 Å². The molecule has 200 valence electrons. The first kappa shape index (κ1) is 27.9. The highest BCUT2D eigenvalue weighted by Crippen LogP contribution is 2.48. The third kappa shape index (κ3) is 6.37. The molecule has 1 heterocycles. The van der Waals surface area contributed by atoms with E-state index in [2.05, 4.69) is 0 Å². The van der Waals surface area contributed by atoms with Crippen LogP contribution >= 0.6 is 0 Å². The van der Waals surface area contributed by atoms with Gasteiger partial charge < -0.3 is 28.4 Å². The lowest BCUT2D eigenvalue weighted by atomic mass is 10.0. The van der Waals surface area contributed by atoms with Crippen LogP contribution in [-0.4, -0.2) is 48.2 Å². The first-order chi connectivity index (χ1) is 17.3. The minimum absolute atomic E-state index is 0.107. The van der Waals surface area contributed by atoms with E-state index in [1.165, 1.54) is 13.4 Å². The molecule has 1 saturated heterocycles. The van der Waals surface area contributed by atoms with Gasteiger partial charge in [0.15, 0.2) is 32.8 Å². The molecule has 0 radical (unpaired) electrons. The lowest BCUT2D eigenvalue weighted by molar-refractivity contribution is 0.0434. The summed E-state index contributed by atoms with van der Waals surface area (Å²) in [5, 5.41) is 0. The van der Waals surface area contributed by atoms with Gasteiger partial charge >= 0.3 is 0 Å². The topological polar surface area (TPSA) is 89.5 Å². The second kappa shape index (κ2) is 12.5. The van der Waals surface area contributed by atoms with Gasteiger partial charge in [-0.25, -0.2) is 8.42 Å². The molecule has 0 N–H and O–H groups in total. The molecule has 0 amide bonds. The highest BCUT2D eigenvalue weighted by molar-refractivity contribution is 7.90. The van der Waals surface area contributed by atoms with Crippen molar-refractivity contribution in [2.24, 2.45) is 0 Å². The van der Waals surface area contributed by atoms with Crippen molar-refractivity contribution < 1.29 is 36.8 Å². The Morgan fingerprint density at radius 1 is 0.778 bits per heavy atom. The summed E-state index contributed by atoms with van der Waals surface area (Å²) in [5.41, 5.74) is 1.66. The average Bonchev–Trinajstić information content (AvgIpc) is 3.34. The van der Waals surface area contributed by atoms with E-state index in [4.69, 9.17) is 28.4 Å². The summed E-state index contributed by atoms with van der Waals surface area (Å²) in [4.78, 5) is 0.107. The predicted octanol–water partition coefficient (Wildman–Crippen LogP) is 5.68. The molecule has 1 fully saturated rings. The predicted molar refractivity (Wildman–Crippen MR) is 138 cm³/mol. The fraction of sp³-hybridized carbons (Fsp3) is 0.556. The SMILES string of the molecule is CCCOc1c(OC)cc([C@H]2CC[C@H](c3cc(OCC)c(OCC)c(OCC)c3)O2)cc1S(C)(=O)=O. The van der Waals surface area contributed by atoms with E-state index in [0.29, 0.717) is 55.8 Å². The van der Waals surface area contributed by atoms with Crippen molar-refractivity contribution in [1.82, 2.24) is 0 Å². The minimum atomic E-state index is -3.56. The first-order valence-electron chi connectivity index (χ1n) is 12.5. The van der Waals surface area contributed by atoms with Crippen LogP contribution in [0.3, 0.4) is 0 Å². The fourth-order valence-electron chi connectivity index (χ4n) is 4.28. The third-order valence-electron chi connectivity index (χ3n) is 5.81. The van der Waals surface area contributed by atoms with Gasteiger partial charge in [0.05, 0.1) is 45.7 Å². The molecule has 1 aliphatic rings. The van der Waals surface area contributed by atoms with Crippen molar-refractivity contribution in [2.75, 3.05) is 39.8 Å². The summed E-state index contributed by atoms with van der Waals surface area (Å²) in [5.74, 6) is 2.45. The van der Waals surface area contributed by atoms with E-state index in [-0.39, 0.29) is 22.9 Å². The molecule has 0 unspecified atom stereocenters. The lowest BCUT2D eigenvalue weighted by Crippen LogP contribution is -2.09. The van der Waals surface area contributed by atoms with Crippen molar-refractivity contribution in [3.8, 4) is 28.7 Å². The molecule has 0 aromatic heterocycles. The maximum atomic E-state index is 12.6. The van der Waals surface area contributed by atoms with Crippen LogP contribution in [0.25, 0.3) is 0 Å². The van der Waals surface area contributed by atoms with Gasteiger partial charge in [-0.2, -0.15) is 0 Å². The van der Waals surface area contributed by atoms with Crippen LogP contribution in [0, 0.1) is 0 Å². The number of hydrogen-bond acceptors (Lipinski definition) is 8. The Balaban J connectivity index is 1.96. The minimum Gasteiger partial charge on any atom is -0.493 e. The molecule has 0 spiro atoms. The van der Waals surface area contributed by atoms with Gasteiger partial charge in [0.25, 0.3) is 0 Å². The number of methoxy groups -OCH3 is 1. The Morgan fingerprint density at radius 2 is 1.31 bits per heavy atom. The number of ether oxygens (including phenoxy) is 6. The zero-order valence-electron chi connectivity index (χ0n) is 22.1. The van der Waals surface area contributed by atoms with E-state index in [0.717, 1.165) is 24.0 Å². The largest absolute Gasteiger partial charge is 0.493 e. The van der Waals surface area contributed by atoms with E-state index in [9.17, 15) is 8.42 Å². The smallest absolute Gasteiger partial charge is 0.203 e. The lowest BCUT2D eigenvalue weighted by Gasteiger charge is -2.21. The standard InChI is InChI=1S/C27H38O8S/c1-7-13-34-27-22(30-5)14-19(17-25(27)36(6,28)29)21-12-11-20(35-21)18-15-23(31-8-2)26(33-10-4)24(16-18)32-9-3/h14-17,20-21H,7-13H2,1-6H3/t20-,21-/m1/s1. The zero-order chi connectivity index (χ0) is 26.3. The molecule has 36 heavy (non-hydrogen) atoms. The zero-order valence-corrected chi connectivity index (χ0v) is 22.9. The van der Waals surface area contributed by atoms with E-state index >= 15 is 0 Å². The Bertz CT molecular complexity index is 1100. The summed E-state index contributed by atoms with van der Waals surface area (Å²) >= 11 is 0. The summed E-state index contributed by atoms with van der Waals surface area (Å²) in [6.45, 7) is 9.58. The van der Waals surface area contributed by atoms with Gasteiger partial charge in [-0.05, 0) is 75.4 Å². The van der Waals surface area contributed by atoms with Gasteiger partial charge in [-0.1, -0.05) is 6.92 Å². The van der Waals surface area contributed by atoms with Crippen molar-refractivity contribution in [1.29, 1.82) is 0 Å². The molecule has 2 aromatic carbocycles.